The number of fused-ring (bicyclic) bond motifs is 1. The first kappa shape index (κ1) is 22.3. The second-order valence-electron chi connectivity index (χ2n) is 8.31. The zero-order chi connectivity index (χ0) is 21.7. The molecule has 5 atom stereocenters. The third kappa shape index (κ3) is 5.01. The van der Waals surface area contributed by atoms with Gasteiger partial charge in [0, 0.05) is 6.04 Å². The molecular formula is C23H32N2O5. The van der Waals surface area contributed by atoms with Gasteiger partial charge in [-0.05, 0) is 57.4 Å². The number of carboxylic acid groups (broad SMARTS) is 1. The maximum atomic E-state index is 13.2. The van der Waals surface area contributed by atoms with Crippen molar-refractivity contribution in [2.75, 3.05) is 6.61 Å². The molecule has 3 rings (SSSR count). The van der Waals surface area contributed by atoms with Crippen LogP contribution >= 0.6 is 0 Å². The summed E-state index contributed by atoms with van der Waals surface area (Å²) >= 11 is 0. The fourth-order valence-electron chi connectivity index (χ4n) is 4.89. The summed E-state index contributed by atoms with van der Waals surface area (Å²) in [4.78, 5) is 39.1. The van der Waals surface area contributed by atoms with E-state index in [0.29, 0.717) is 19.3 Å². The molecule has 0 unspecified atom stereocenters. The van der Waals surface area contributed by atoms with Crippen LogP contribution in [0.3, 0.4) is 0 Å². The molecule has 164 valence electrons. The summed E-state index contributed by atoms with van der Waals surface area (Å²) in [6, 6.07) is 7.76. The molecule has 0 spiro atoms. The molecule has 30 heavy (non-hydrogen) atoms. The molecule has 1 amide bonds. The number of nitrogens with one attached hydrogen (secondary N) is 1. The fraction of sp³-hybridized carbons (Fsp3) is 0.609. The van der Waals surface area contributed by atoms with Crippen LogP contribution < -0.4 is 5.32 Å². The van der Waals surface area contributed by atoms with Gasteiger partial charge in [-0.25, -0.2) is 4.79 Å². The van der Waals surface area contributed by atoms with Gasteiger partial charge >= 0.3 is 11.9 Å². The summed E-state index contributed by atoms with van der Waals surface area (Å²) in [5.41, 5.74) is 1.10. The highest BCUT2D eigenvalue weighted by Crippen LogP contribution is 2.41. The minimum absolute atomic E-state index is 0.00629. The predicted molar refractivity (Wildman–Crippen MR) is 112 cm³/mol. The van der Waals surface area contributed by atoms with Crippen molar-refractivity contribution < 1.29 is 24.2 Å². The molecule has 1 aromatic carbocycles. The molecule has 0 bridgehead atoms. The van der Waals surface area contributed by atoms with Gasteiger partial charge in [-0.15, -0.1) is 0 Å². The van der Waals surface area contributed by atoms with E-state index in [4.69, 9.17) is 4.74 Å². The average Bonchev–Trinajstić information content (AvgIpc) is 3.32. The molecule has 1 aliphatic carbocycles. The van der Waals surface area contributed by atoms with Crippen molar-refractivity contribution in [3.63, 3.8) is 0 Å². The van der Waals surface area contributed by atoms with E-state index in [-0.39, 0.29) is 30.4 Å². The highest BCUT2D eigenvalue weighted by atomic mass is 16.5. The van der Waals surface area contributed by atoms with Crippen LogP contribution in [0.2, 0.25) is 0 Å². The van der Waals surface area contributed by atoms with Gasteiger partial charge in [-0.1, -0.05) is 36.8 Å². The van der Waals surface area contributed by atoms with Crippen LogP contribution in [0.15, 0.2) is 30.3 Å². The Kier molecular flexibility index (Phi) is 7.48. The van der Waals surface area contributed by atoms with E-state index < -0.39 is 24.1 Å². The maximum Gasteiger partial charge on any atom is 0.326 e. The number of hydrogen-bond donors (Lipinski definition) is 2. The molecule has 1 aliphatic heterocycles. The Balaban J connectivity index is 1.68. The van der Waals surface area contributed by atoms with E-state index in [1.807, 2.05) is 30.3 Å². The van der Waals surface area contributed by atoms with E-state index in [0.717, 1.165) is 24.8 Å². The normalized spacial score (nSPS) is 24.9. The number of carbonyl (C=O) groups excluding carboxylic acids is 2. The number of aliphatic carboxylic acids is 1. The van der Waals surface area contributed by atoms with Crippen molar-refractivity contribution in [2.24, 2.45) is 5.92 Å². The number of aryl methyl sites for hydroxylation is 1. The standard InChI is InChI=1S/C23H32N2O5/c1-3-30-23(29)18(13-12-16-8-5-4-6-9-16)24-15(2)21(26)25-19-11-7-10-17(19)14-20(25)22(27)28/h4-6,8-9,15,17-20,24H,3,7,10-14H2,1-2H3,(H,27,28)/t15-,17-,18+,19+,20-/m0/s1. The average molecular weight is 417 g/mol. The number of ether oxygens (including phenoxy) is 1. The Morgan fingerprint density at radius 3 is 2.63 bits per heavy atom. The molecule has 2 N–H and O–H groups in total. The topological polar surface area (TPSA) is 95.9 Å². The van der Waals surface area contributed by atoms with Crippen molar-refractivity contribution in [1.29, 1.82) is 0 Å². The molecule has 2 fully saturated rings. The Hall–Kier alpha value is -2.41. The highest BCUT2D eigenvalue weighted by molar-refractivity contribution is 5.88. The number of hydrogen-bond acceptors (Lipinski definition) is 5. The summed E-state index contributed by atoms with van der Waals surface area (Å²) in [6.45, 7) is 3.72. The second kappa shape index (κ2) is 10.1. The smallest absolute Gasteiger partial charge is 0.326 e. The largest absolute Gasteiger partial charge is 0.480 e. The summed E-state index contributed by atoms with van der Waals surface area (Å²) < 4.78 is 5.21. The Morgan fingerprint density at radius 2 is 1.97 bits per heavy atom. The minimum Gasteiger partial charge on any atom is -0.480 e. The van der Waals surface area contributed by atoms with Gasteiger partial charge < -0.3 is 14.7 Å². The third-order valence-corrected chi connectivity index (χ3v) is 6.33. The number of nitrogens with zero attached hydrogens (tertiary/aromatic N) is 1. The van der Waals surface area contributed by atoms with E-state index in [2.05, 4.69) is 5.32 Å². The van der Waals surface area contributed by atoms with Crippen LogP contribution in [0.5, 0.6) is 0 Å². The van der Waals surface area contributed by atoms with Crippen molar-refractivity contribution >= 4 is 17.8 Å². The molecule has 2 aliphatic rings. The number of likely N-dealkylation sites (tertiary alicyclic amines) is 1. The van der Waals surface area contributed by atoms with Crippen LogP contribution in [0.25, 0.3) is 0 Å². The lowest BCUT2D eigenvalue weighted by molar-refractivity contribution is -0.151. The van der Waals surface area contributed by atoms with Gasteiger partial charge in [-0.3, -0.25) is 14.9 Å². The van der Waals surface area contributed by atoms with Gasteiger partial charge in [0.25, 0.3) is 0 Å². The second-order valence-corrected chi connectivity index (χ2v) is 8.31. The summed E-state index contributed by atoms with van der Waals surface area (Å²) in [5.74, 6) is -1.31. The minimum atomic E-state index is -0.948. The van der Waals surface area contributed by atoms with E-state index in [1.54, 1.807) is 18.7 Å². The van der Waals surface area contributed by atoms with Crippen molar-refractivity contribution in [1.82, 2.24) is 10.2 Å². The lowest BCUT2D eigenvalue weighted by atomic mass is 10.0. The molecule has 1 heterocycles. The summed E-state index contributed by atoms with van der Waals surface area (Å²) in [5, 5.41) is 12.8. The third-order valence-electron chi connectivity index (χ3n) is 6.33. The molecule has 1 saturated heterocycles. The van der Waals surface area contributed by atoms with Crippen molar-refractivity contribution in [3.05, 3.63) is 35.9 Å². The summed E-state index contributed by atoms with van der Waals surface area (Å²) in [6.07, 6.45) is 4.54. The van der Waals surface area contributed by atoms with Crippen LogP contribution in [0.1, 0.15) is 51.5 Å². The number of carboxylic acids is 1. The monoisotopic (exact) mass is 416 g/mol. The molecule has 7 nitrogen and oxygen atoms in total. The van der Waals surface area contributed by atoms with Gasteiger partial charge in [0.1, 0.15) is 12.1 Å². The zero-order valence-corrected chi connectivity index (χ0v) is 17.8. The van der Waals surface area contributed by atoms with E-state index in [1.165, 1.54) is 0 Å². The summed E-state index contributed by atoms with van der Waals surface area (Å²) in [7, 11) is 0. The van der Waals surface area contributed by atoms with Crippen molar-refractivity contribution in [2.45, 2.75) is 76.5 Å². The maximum absolute atomic E-state index is 13.2. The molecular weight excluding hydrogens is 384 g/mol. The SMILES string of the molecule is CCOC(=O)[C@@H](CCc1ccccc1)N[C@@H](C)C(=O)N1[C@@H]2CCC[C@H]2C[C@H]1C(=O)O. The number of carbonyl (C=O) groups is 3. The highest BCUT2D eigenvalue weighted by Gasteiger charge is 2.49. The predicted octanol–water partition coefficient (Wildman–Crippen LogP) is 2.38. The number of amides is 1. The van der Waals surface area contributed by atoms with Crippen LogP contribution in [0, 0.1) is 5.92 Å². The zero-order valence-electron chi connectivity index (χ0n) is 17.8. The fourth-order valence-corrected chi connectivity index (χ4v) is 4.89. The van der Waals surface area contributed by atoms with E-state index in [9.17, 15) is 19.5 Å². The first-order chi connectivity index (χ1) is 14.4. The molecule has 7 heteroatoms. The Morgan fingerprint density at radius 1 is 1.23 bits per heavy atom. The molecule has 1 aromatic rings. The lowest BCUT2D eigenvalue weighted by Crippen LogP contribution is -2.55. The Bertz CT molecular complexity index is 753. The van der Waals surface area contributed by atoms with Gasteiger partial charge in [-0.2, -0.15) is 0 Å². The van der Waals surface area contributed by atoms with Gasteiger partial charge in [0.15, 0.2) is 0 Å². The number of benzene rings is 1. The Labute approximate surface area is 177 Å². The molecule has 0 aromatic heterocycles. The number of esters is 1. The van der Waals surface area contributed by atoms with Crippen LogP contribution in [-0.4, -0.2) is 58.6 Å². The lowest BCUT2D eigenvalue weighted by Gasteiger charge is -2.31. The van der Waals surface area contributed by atoms with Gasteiger partial charge in [0.2, 0.25) is 5.91 Å². The molecule has 1 saturated carbocycles. The van der Waals surface area contributed by atoms with Gasteiger partial charge in [0.05, 0.1) is 12.6 Å². The van der Waals surface area contributed by atoms with Crippen molar-refractivity contribution in [3.8, 4) is 0 Å². The first-order valence-corrected chi connectivity index (χ1v) is 10.9. The molecule has 0 radical (unpaired) electrons. The van der Waals surface area contributed by atoms with E-state index >= 15 is 0 Å². The quantitative estimate of drug-likeness (QED) is 0.600. The number of rotatable bonds is 9. The first-order valence-electron chi connectivity index (χ1n) is 10.9. The van der Waals surface area contributed by atoms with Crippen LogP contribution in [-0.2, 0) is 25.5 Å². The van der Waals surface area contributed by atoms with Crippen LogP contribution in [0.4, 0.5) is 0 Å².